The third-order valence-corrected chi connectivity index (χ3v) is 5.38. The maximum atomic E-state index is 4.71. The standard InChI is InChI=1S/C16H34N4S/c1-6-17-15(19-13-16(3,4)21-5)18-10-12-20-11-8-7-9-14(20)2/h14H,6-13H2,1-5H3,(H2,17,18,19). The van der Waals surface area contributed by atoms with E-state index in [1.165, 1.54) is 25.8 Å². The van der Waals surface area contributed by atoms with E-state index in [1.54, 1.807) is 0 Å². The quantitative estimate of drug-likeness (QED) is 0.560. The summed E-state index contributed by atoms with van der Waals surface area (Å²) < 4.78 is 0.198. The zero-order valence-corrected chi connectivity index (χ0v) is 15.4. The van der Waals surface area contributed by atoms with Crippen LogP contribution in [-0.4, -0.2) is 60.6 Å². The highest BCUT2D eigenvalue weighted by Gasteiger charge is 2.18. The van der Waals surface area contributed by atoms with Gasteiger partial charge in [-0.05, 0) is 53.3 Å². The van der Waals surface area contributed by atoms with E-state index in [4.69, 9.17) is 4.99 Å². The van der Waals surface area contributed by atoms with E-state index in [-0.39, 0.29) is 4.75 Å². The molecule has 0 aliphatic carbocycles. The molecule has 1 aliphatic heterocycles. The van der Waals surface area contributed by atoms with Gasteiger partial charge in [0.1, 0.15) is 0 Å². The average molecular weight is 315 g/mol. The molecule has 1 atom stereocenters. The van der Waals surface area contributed by atoms with Crippen LogP contribution in [0.4, 0.5) is 0 Å². The SMILES string of the molecule is CCNC(=NCC(C)(C)SC)NCCN1CCCCC1C. The number of guanidine groups is 1. The molecule has 1 unspecified atom stereocenters. The molecule has 0 bridgehead atoms. The molecule has 1 saturated heterocycles. The third-order valence-electron chi connectivity index (χ3n) is 4.15. The number of nitrogens with zero attached hydrogens (tertiary/aromatic N) is 2. The zero-order chi connectivity index (χ0) is 15.7. The first kappa shape index (κ1) is 18.6. The Morgan fingerprint density at radius 2 is 2.10 bits per heavy atom. The molecule has 1 rings (SSSR count). The van der Waals surface area contributed by atoms with Gasteiger partial charge in [0.2, 0.25) is 0 Å². The minimum atomic E-state index is 0.198. The summed E-state index contributed by atoms with van der Waals surface area (Å²) in [4.78, 5) is 7.30. The first-order valence-electron chi connectivity index (χ1n) is 8.30. The lowest BCUT2D eigenvalue weighted by Crippen LogP contribution is -2.45. The van der Waals surface area contributed by atoms with Crippen molar-refractivity contribution in [3.8, 4) is 0 Å². The fourth-order valence-corrected chi connectivity index (χ4v) is 2.68. The van der Waals surface area contributed by atoms with Gasteiger partial charge in [-0.2, -0.15) is 11.8 Å². The van der Waals surface area contributed by atoms with Gasteiger partial charge < -0.3 is 10.6 Å². The molecule has 2 N–H and O–H groups in total. The Kier molecular flexibility index (Phi) is 8.49. The van der Waals surface area contributed by atoms with E-state index in [2.05, 4.69) is 49.5 Å². The number of rotatable bonds is 7. The van der Waals surface area contributed by atoms with Crippen molar-refractivity contribution >= 4 is 17.7 Å². The van der Waals surface area contributed by atoms with Crippen LogP contribution in [0.25, 0.3) is 0 Å². The van der Waals surface area contributed by atoms with Crippen LogP contribution in [0.2, 0.25) is 0 Å². The third kappa shape index (κ3) is 7.41. The molecule has 1 heterocycles. The summed E-state index contributed by atoms with van der Waals surface area (Å²) in [6.45, 7) is 14.0. The molecule has 1 fully saturated rings. The van der Waals surface area contributed by atoms with Crippen molar-refractivity contribution in [2.75, 3.05) is 39.0 Å². The van der Waals surface area contributed by atoms with Crippen molar-refractivity contribution in [1.82, 2.24) is 15.5 Å². The van der Waals surface area contributed by atoms with Crippen LogP contribution in [0.5, 0.6) is 0 Å². The van der Waals surface area contributed by atoms with Crippen molar-refractivity contribution in [1.29, 1.82) is 0 Å². The molecule has 0 amide bonds. The van der Waals surface area contributed by atoms with Crippen molar-refractivity contribution in [3.05, 3.63) is 0 Å². The summed E-state index contributed by atoms with van der Waals surface area (Å²) in [5.74, 6) is 0.948. The van der Waals surface area contributed by atoms with E-state index in [9.17, 15) is 0 Å². The van der Waals surface area contributed by atoms with Crippen molar-refractivity contribution < 1.29 is 0 Å². The van der Waals surface area contributed by atoms with Crippen LogP contribution >= 0.6 is 11.8 Å². The van der Waals surface area contributed by atoms with Crippen LogP contribution in [-0.2, 0) is 0 Å². The number of hydrogen-bond donors (Lipinski definition) is 2. The maximum absolute atomic E-state index is 4.71. The smallest absolute Gasteiger partial charge is 0.191 e. The van der Waals surface area contributed by atoms with Crippen molar-refractivity contribution in [2.24, 2.45) is 4.99 Å². The molecule has 0 aromatic carbocycles. The van der Waals surface area contributed by atoms with Gasteiger partial charge in [-0.1, -0.05) is 6.42 Å². The Balaban J connectivity index is 2.38. The molecular formula is C16H34N4S. The second-order valence-electron chi connectivity index (χ2n) is 6.47. The molecule has 1 aliphatic rings. The lowest BCUT2D eigenvalue weighted by Gasteiger charge is -2.33. The number of piperidine rings is 1. The number of thioether (sulfide) groups is 1. The normalized spacial score (nSPS) is 21.4. The van der Waals surface area contributed by atoms with E-state index in [0.29, 0.717) is 0 Å². The van der Waals surface area contributed by atoms with Gasteiger partial charge >= 0.3 is 0 Å². The Hall–Kier alpha value is -0.420. The molecular weight excluding hydrogens is 280 g/mol. The highest BCUT2D eigenvalue weighted by Crippen LogP contribution is 2.21. The fraction of sp³-hybridized carbons (Fsp3) is 0.938. The largest absolute Gasteiger partial charge is 0.357 e. The second-order valence-corrected chi connectivity index (χ2v) is 7.98. The van der Waals surface area contributed by atoms with E-state index in [1.807, 2.05) is 11.8 Å². The Morgan fingerprint density at radius 3 is 2.71 bits per heavy atom. The molecule has 0 radical (unpaired) electrons. The second kappa shape index (κ2) is 9.57. The van der Waals surface area contributed by atoms with Crippen LogP contribution in [0.15, 0.2) is 4.99 Å². The molecule has 0 saturated carbocycles. The van der Waals surface area contributed by atoms with Gasteiger partial charge in [0.05, 0.1) is 6.54 Å². The Bertz CT molecular complexity index is 317. The van der Waals surface area contributed by atoms with Crippen LogP contribution in [0, 0.1) is 0 Å². The average Bonchev–Trinajstić information content (AvgIpc) is 2.47. The minimum Gasteiger partial charge on any atom is -0.357 e. The van der Waals surface area contributed by atoms with E-state index >= 15 is 0 Å². The molecule has 124 valence electrons. The van der Waals surface area contributed by atoms with Crippen LogP contribution in [0.3, 0.4) is 0 Å². The van der Waals surface area contributed by atoms with Gasteiger partial charge in [0.15, 0.2) is 5.96 Å². The summed E-state index contributed by atoms with van der Waals surface area (Å²) in [5.41, 5.74) is 0. The number of aliphatic imine (C=N–C) groups is 1. The fourth-order valence-electron chi connectivity index (χ4n) is 2.48. The topological polar surface area (TPSA) is 39.7 Å². The van der Waals surface area contributed by atoms with Gasteiger partial charge in [-0.3, -0.25) is 9.89 Å². The summed E-state index contributed by atoms with van der Waals surface area (Å²) in [6, 6.07) is 0.732. The van der Waals surface area contributed by atoms with Gasteiger partial charge in [-0.15, -0.1) is 0 Å². The highest BCUT2D eigenvalue weighted by atomic mass is 32.2. The van der Waals surface area contributed by atoms with E-state index in [0.717, 1.165) is 38.2 Å². The number of hydrogen-bond acceptors (Lipinski definition) is 3. The Labute approximate surface area is 135 Å². The van der Waals surface area contributed by atoms with Crippen molar-refractivity contribution in [3.63, 3.8) is 0 Å². The van der Waals surface area contributed by atoms with Gasteiger partial charge in [0, 0.05) is 30.4 Å². The lowest BCUT2D eigenvalue weighted by molar-refractivity contribution is 0.163. The molecule has 0 spiro atoms. The number of nitrogens with one attached hydrogen (secondary N) is 2. The minimum absolute atomic E-state index is 0.198. The predicted octanol–water partition coefficient (Wildman–Crippen LogP) is 2.56. The Morgan fingerprint density at radius 1 is 1.33 bits per heavy atom. The maximum Gasteiger partial charge on any atom is 0.191 e. The first-order valence-corrected chi connectivity index (χ1v) is 9.52. The summed E-state index contributed by atoms with van der Waals surface area (Å²) in [6.07, 6.45) is 6.23. The summed E-state index contributed by atoms with van der Waals surface area (Å²) in [5, 5.41) is 6.81. The van der Waals surface area contributed by atoms with E-state index < -0.39 is 0 Å². The zero-order valence-electron chi connectivity index (χ0n) is 14.5. The van der Waals surface area contributed by atoms with Crippen LogP contribution < -0.4 is 10.6 Å². The monoisotopic (exact) mass is 314 g/mol. The predicted molar refractivity (Wildman–Crippen MR) is 96.5 cm³/mol. The van der Waals surface area contributed by atoms with Crippen LogP contribution in [0.1, 0.15) is 47.0 Å². The molecule has 0 aromatic heterocycles. The molecule has 21 heavy (non-hydrogen) atoms. The molecule has 4 nitrogen and oxygen atoms in total. The molecule has 0 aromatic rings. The lowest BCUT2D eigenvalue weighted by atomic mass is 10.0. The van der Waals surface area contributed by atoms with Crippen molar-refractivity contribution in [2.45, 2.75) is 57.7 Å². The summed E-state index contributed by atoms with van der Waals surface area (Å²) in [7, 11) is 0. The first-order chi connectivity index (χ1) is 9.98. The highest BCUT2D eigenvalue weighted by molar-refractivity contribution is 7.99. The van der Waals surface area contributed by atoms with Gasteiger partial charge in [0.25, 0.3) is 0 Å². The molecule has 5 heteroatoms. The van der Waals surface area contributed by atoms with Gasteiger partial charge in [-0.25, -0.2) is 0 Å². The summed E-state index contributed by atoms with van der Waals surface area (Å²) >= 11 is 1.86. The number of likely N-dealkylation sites (tertiary alicyclic amines) is 1.